The molecule has 2 heterocycles. The number of methoxy groups -OCH3 is 1. The molecule has 0 atom stereocenters. The summed E-state index contributed by atoms with van der Waals surface area (Å²) in [6.45, 7) is 6.87. The van der Waals surface area contributed by atoms with Crippen LogP contribution in [0.3, 0.4) is 0 Å². The highest BCUT2D eigenvalue weighted by Gasteiger charge is 2.25. The first kappa shape index (κ1) is 20.3. The smallest absolute Gasteiger partial charge is 0.416 e. The van der Waals surface area contributed by atoms with Gasteiger partial charge < -0.3 is 9.47 Å². The summed E-state index contributed by atoms with van der Waals surface area (Å²) in [5.74, 6) is -0.491. The summed E-state index contributed by atoms with van der Waals surface area (Å²) in [5.41, 5.74) is 0.587. The van der Waals surface area contributed by atoms with Crippen LogP contribution in [0.2, 0.25) is 0 Å². The number of amides is 1. The highest BCUT2D eigenvalue weighted by Crippen LogP contribution is 2.22. The Bertz CT molecular complexity index is 849. The fourth-order valence-corrected chi connectivity index (χ4v) is 2.27. The molecule has 144 valence electrons. The van der Waals surface area contributed by atoms with Crippen molar-refractivity contribution >= 4 is 18.2 Å². The van der Waals surface area contributed by atoms with Crippen molar-refractivity contribution in [3.05, 3.63) is 47.0 Å². The van der Waals surface area contributed by atoms with Gasteiger partial charge in [0.25, 0.3) is 0 Å². The lowest BCUT2D eigenvalue weighted by molar-refractivity contribution is 0.0576. The van der Waals surface area contributed by atoms with E-state index in [1.54, 1.807) is 33.8 Å². The number of anilines is 1. The molecule has 0 saturated heterocycles. The lowest BCUT2D eigenvalue weighted by atomic mass is 10.2. The van der Waals surface area contributed by atoms with Gasteiger partial charge in [0.05, 0.1) is 19.3 Å². The van der Waals surface area contributed by atoms with Crippen LogP contribution < -0.4 is 9.64 Å². The van der Waals surface area contributed by atoms with Crippen LogP contribution in [-0.4, -0.2) is 35.1 Å². The van der Waals surface area contributed by atoms with E-state index in [1.807, 2.05) is 0 Å². The van der Waals surface area contributed by atoms with Crippen molar-refractivity contribution in [2.45, 2.75) is 39.8 Å². The Morgan fingerprint density at radius 1 is 1.33 bits per heavy atom. The Labute approximate surface area is 157 Å². The monoisotopic (exact) mass is 375 g/mol. The average molecular weight is 375 g/mol. The van der Waals surface area contributed by atoms with E-state index in [9.17, 15) is 14.0 Å². The minimum atomic E-state index is -0.726. The molecule has 2 aromatic rings. The second kappa shape index (κ2) is 8.11. The van der Waals surface area contributed by atoms with Crippen LogP contribution >= 0.6 is 0 Å². The van der Waals surface area contributed by atoms with E-state index in [2.05, 4.69) is 9.97 Å². The topological polar surface area (TPSA) is 81.6 Å². The van der Waals surface area contributed by atoms with E-state index < -0.39 is 17.5 Å². The Morgan fingerprint density at radius 3 is 2.56 bits per heavy atom. The predicted molar refractivity (Wildman–Crippen MR) is 97.5 cm³/mol. The number of aryl methyl sites for hydroxylation is 1. The van der Waals surface area contributed by atoms with E-state index in [1.165, 1.54) is 30.3 Å². The zero-order valence-electron chi connectivity index (χ0n) is 15.9. The molecule has 0 aromatic carbocycles. The van der Waals surface area contributed by atoms with Crippen molar-refractivity contribution in [3.8, 4) is 5.88 Å². The first-order valence-corrected chi connectivity index (χ1v) is 8.26. The molecular formula is C19H22FN3O4. The van der Waals surface area contributed by atoms with Gasteiger partial charge in [0, 0.05) is 11.8 Å². The van der Waals surface area contributed by atoms with E-state index in [0.29, 0.717) is 23.1 Å². The largest absolute Gasteiger partial charge is 0.479 e. The lowest BCUT2D eigenvalue weighted by Crippen LogP contribution is -2.37. The van der Waals surface area contributed by atoms with Gasteiger partial charge >= 0.3 is 6.09 Å². The van der Waals surface area contributed by atoms with E-state index in [0.717, 1.165) is 0 Å². The molecule has 1 amide bonds. The molecule has 0 unspecified atom stereocenters. The van der Waals surface area contributed by atoms with Gasteiger partial charge in [0.15, 0.2) is 12.1 Å². The average Bonchev–Trinajstić information content (AvgIpc) is 2.58. The van der Waals surface area contributed by atoms with Gasteiger partial charge in [-0.15, -0.1) is 0 Å². The number of nitrogens with zero attached hydrogens (tertiary/aromatic N) is 3. The molecule has 0 bridgehead atoms. The van der Waals surface area contributed by atoms with Crippen molar-refractivity contribution in [1.82, 2.24) is 9.97 Å². The quantitative estimate of drug-likeness (QED) is 0.742. The third-order valence-corrected chi connectivity index (χ3v) is 3.53. The van der Waals surface area contributed by atoms with Crippen LogP contribution in [0.4, 0.5) is 15.0 Å². The second-order valence-corrected chi connectivity index (χ2v) is 6.86. The molecule has 2 rings (SSSR count). The summed E-state index contributed by atoms with van der Waals surface area (Å²) < 4.78 is 24.2. The third-order valence-electron chi connectivity index (χ3n) is 3.53. The highest BCUT2D eigenvalue weighted by molar-refractivity contribution is 5.87. The summed E-state index contributed by atoms with van der Waals surface area (Å²) in [7, 11) is 1.32. The number of hydrogen-bond acceptors (Lipinski definition) is 6. The van der Waals surface area contributed by atoms with Gasteiger partial charge in [-0.25, -0.2) is 19.2 Å². The van der Waals surface area contributed by atoms with Crippen molar-refractivity contribution < 1.29 is 23.5 Å². The normalized spacial score (nSPS) is 11.0. The summed E-state index contributed by atoms with van der Waals surface area (Å²) in [6, 6.07) is 4.33. The molecule has 0 fully saturated rings. The summed E-state index contributed by atoms with van der Waals surface area (Å²) in [5, 5.41) is 0. The molecule has 0 aliphatic heterocycles. The van der Waals surface area contributed by atoms with Crippen LogP contribution in [0.15, 0.2) is 24.4 Å². The maximum Gasteiger partial charge on any atom is 0.416 e. The Morgan fingerprint density at radius 2 is 2.04 bits per heavy atom. The van der Waals surface area contributed by atoms with Gasteiger partial charge in [0.2, 0.25) is 5.88 Å². The minimum Gasteiger partial charge on any atom is -0.479 e. The number of carbonyl (C=O) groups is 2. The first-order valence-electron chi connectivity index (χ1n) is 8.26. The Balaban J connectivity index is 2.40. The molecule has 0 saturated carbocycles. The minimum absolute atomic E-state index is 0.0182. The lowest BCUT2D eigenvalue weighted by Gasteiger charge is -2.27. The summed E-state index contributed by atoms with van der Waals surface area (Å²) in [6.07, 6.45) is 1.45. The Kier molecular flexibility index (Phi) is 6.09. The number of halogens is 1. The van der Waals surface area contributed by atoms with Gasteiger partial charge in [-0.05, 0) is 51.5 Å². The standard InChI is InChI=1S/C19H22FN3O4/c1-12-14(11-24)6-7-16(22-12)23(18(25)27-19(2,3)4)10-13-8-15(20)17(26-5)21-9-13/h6-9,11H,10H2,1-5H3. The van der Waals surface area contributed by atoms with Gasteiger partial charge in [-0.2, -0.15) is 0 Å². The number of pyridine rings is 2. The number of ether oxygens (including phenoxy) is 2. The number of aldehydes is 1. The highest BCUT2D eigenvalue weighted by atomic mass is 19.1. The molecule has 0 aliphatic rings. The van der Waals surface area contributed by atoms with E-state index >= 15 is 0 Å². The SMILES string of the molecule is COc1ncc(CN(C(=O)OC(C)(C)C)c2ccc(C=O)c(C)n2)cc1F. The second-order valence-electron chi connectivity index (χ2n) is 6.86. The molecule has 27 heavy (non-hydrogen) atoms. The van der Waals surface area contributed by atoms with Crippen LogP contribution in [0.5, 0.6) is 5.88 Å². The van der Waals surface area contributed by atoms with Crippen LogP contribution in [0.1, 0.15) is 42.4 Å². The number of hydrogen-bond donors (Lipinski definition) is 0. The maximum atomic E-state index is 14.0. The number of carbonyl (C=O) groups excluding carboxylic acids is 2. The van der Waals surface area contributed by atoms with Crippen molar-refractivity contribution in [2.75, 3.05) is 12.0 Å². The summed E-state index contributed by atoms with van der Waals surface area (Å²) in [4.78, 5) is 33.1. The van der Waals surface area contributed by atoms with Crippen molar-refractivity contribution in [3.63, 3.8) is 0 Å². The molecule has 8 heteroatoms. The van der Waals surface area contributed by atoms with Crippen LogP contribution in [0.25, 0.3) is 0 Å². The van der Waals surface area contributed by atoms with Gasteiger partial charge in [-0.3, -0.25) is 9.69 Å². The van der Waals surface area contributed by atoms with Crippen LogP contribution in [-0.2, 0) is 11.3 Å². The zero-order valence-corrected chi connectivity index (χ0v) is 15.9. The summed E-state index contributed by atoms with van der Waals surface area (Å²) >= 11 is 0. The molecule has 0 aliphatic carbocycles. The number of rotatable bonds is 5. The molecule has 2 aromatic heterocycles. The Hall–Kier alpha value is -3.03. The van der Waals surface area contributed by atoms with Gasteiger partial charge in [0.1, 0.15) is 11.4 Å². The molecule has 0 radical (unpaired) electrons. The van der Waals surface area contributed by atoms with Gasteiger partial charge in [-0.1, -0.05) is 0 Å². The molecule has 0 N–H and O–H groups in total. The molecule has 0 spiro atoms. The predicted octanol–water partition coefficient (Wildman–Crippen LogP) is 3.69. The zero-order chi connectivity index (χ0) is 20.2. The fourth-order valence-electron chi connectivity index (χ4n) is 2.27. The fraction of sp³-hybridized carbons (Fsp3) is 0.368. The van der Waals surface area contributed by atoms with E-state index in [4.69, 9.17) is 9.47 Å². The third kappa shape index (κ3) is 5.22. The number of aromatic nitrogens is 2. The first-order chi connectivity index (χ1) is 12.6. The van der Waals surface area contributed by atoms with Crippen LogP contribution in [0, 0.1) is 12.7 Å². The van der Waals surface area contributed by atoms with Crippen molar-refractivity contribution in [2.24, 2.45) is 0 Å². The molecular weight excluding hydrogens is 353 g/mol. The maximum absolute atomic E-state index is 14.0. The van der Waals surface area contributed by atoms with Crippen molar-refractivity contribution in [1.29, 1.82) is 0 Å². The molecule has 7 nitrogen and oxygen atoms in total. The van der Waals surface area contributed by atoms with E-state index in [-0.39, 0.29) is 18.2 Å².